The number of rotatable bonds is 5. The zero-order chi connectivity index (χ0) is 14.5. The Morgan fingerprint density at radius 3 is 2.30 bits per heavy atom. The van der Waals surface area contributed by atoms with Gasteiger partial charge < -0.3 is 14.6 Å². The van der Waals surface area contributed by atoms with Crippen molar-refractivity contribution < 1.29 is 14.6 Å². The van der Waals surface area contributed by atoms with E-state index < -0.39 is 6.10 Å². The van der Waals surface area contributed by atoms with Crippen molar-refractivity contribution in [3.63, 3.8) is 0 Å². The van der Waals surface area contributed by atoms with Crippen molar-refractivity contribution in [1.29, 1.82) is 0 Å². The second-order valence-electron chi connectivity index (χ2n) is 4.39. The summed E-state index contributed by atoms with van der Waals surface area (Å²) in [4.78, 5) is 0. The van der Waals surface area contributed by atoms with E-state index in [1.807, 2.05) is 49.4 Å². The molecule has 0 aliphatic rings. The van der Waals surface area contributed by atoms with E-state index in [0.29, 0.717) is 6.42 Å². The van der Waals surface area contributed by atoms with Gasteiger partial charge in [0.1, 0.15) is 17.2 Å². The molecule has 0 aromatic heterocycles. The Balaban J connectivity index is 2.14. The third-order valence-electron chi connectivity index (χ3n) is 3.02. The molecule has 20 heavy (non-hydrogen) atoms. The van der Waals surface area contributed by atoms with Gasteiger partial charge in [0.25, 0.3) is 0 Å². The highest BCUT2D eigenvalue weighted by Gasteiger charge is 2.07. The number of benzene rings is 2. The zero-order valence-electron chi connectivity index (χ0n) is 11.5. The van der Waals surface area contributed by atoms with Crippen molar-refractivity contribution in [2.75, 3.05) is 7.11 Å². The molecule has 0 radical (unpaired) electrons. The molecule has 0 amide bonds. The maximum Gasteiger partial charge on any atom is 0.141 e. The largest absolute Gasteiger partial charge is 0.497 e. The van der Waals surface area contributed by atoms with Gasteiger partial charge in [-0.05, 0) is 58.2 Å². The van der Waals surface area contributed by atoms with Crippen molar-refractivity contribution in [2.24, 2.45) is 0 Å². The van der Waals surface area contributed by atoms with E-state index in [1.54, 1.807) is 7.11 Å². The summed E-state index contributed by atoms with van der Waals surface area (Å²) in [5.41, 5.74) is 0.897. The number of methoxy groups -OCH3 is 1. The number of ether oxygens (including phenoxy) is 2. The van der Waals surface area contributed by atoms with Crippen LogP contribution in [0.4, 0.5) is 0 Å². The summed E-state index contributed by atoms with van der Waals surface area (Å²) >= 11 is 3.45. The fraction of sp³-hybridized carbons (Fsp3) is 0.250. The van der Waals surface area contributed by atoms with Crippen molar-refractivity contribution in [3.05, 3.63) is 52.5 Å². The summed E-state index contributed by atoms with van der Waals surface area (Å²) in [5.74, 6) is 2.21. The molecule has 2 aromatic rings. The third-order valence-corrected chi connectivity index (χ3v) is 3.64. The highest BCUT2D eigenvalue weighted by atomic mass is 79.9. The van der Waals surface area contributed by atoms with Crippen molar-refractivity contribution in [2.45, 2.75) is 19.4 Å². The lowest BCUT2D eigenvalue weighted by Crippen LogP contribution is -1.94. The van der Waals surface area contributed by atoms with Crippen molar-refractivity contribution in [1.82, 2.24) is 0 Å². The van der Waals surface area contributed by atoms with Crippen LogP contribution in [0.1, 0.15) is 25.0 Å². The highest BCUT2D eigenvalue weighted by molar-refractivity contribution is 9.10. The first kappa shape index (κ1) is 14.9. The van der Waals surface area contributed by atoms with Gasteiger partial charge in [-0.25, -0.2) is 0 Å². The topological polar surface area (TPSA) is 38.7 Å². The van der Waals surface area contributed by atoms with Crippen LogP contribution in [-0.4, -0.2) is 12.2 Å². The van der Waals surface area contributed by atoms with Crippen LogP contribution in [0.25, 0.3) is 0 Å². The van der Waals surface area contributed by atoms with Gasteiger partial charge in [-0.2, -0.15) is 0 Å². The molecule has 3 nitrogen and oxygen atoms in total. The second kappa shape index (κ2) is 6.77. The molecule has 0 bridgehead atoms. The minimum Gasteiger partial charge on any atom is -0.497 e. The Kier molecular flexibility index (Phi) is 5.04. The van der Waals surface area contributed by atoms with E-state index in [1.165, 1.54) is 0 Å². The lowest BCUT2D eigenvalue weighted by molar-refractivity contribution is 0.173. The summed E-state index contributed by atoms with van der Waals surface area (Å²) in [5, 5.41) is 9.75. The maximum absolute atomic E-state index is 9.75. The van der Waals surface area contributed by atoms with Crippen LogP contribution in [-0.2, 0) is 0 Å². The quantitative estimate of drug-likeness (QED) is 0.860. The molecule has 0 fully saturated rings. The van der Waals surface area contributed by atoms with Crippen LogP contribution in [0.3, 0.4) is 0 Å². The van der Waals surface area contributed by atoms with Gasteiger partial charge in [-0.15, -0.1) is 0 Å². The minimum atomic E-state index is -0.420. The fourth-order valence-electron chi connectivity index (χ4n) is 1.81. The summed E-state index contributed by atoms with van der Waals surface area (Å²) in [6.45, 7) is 1.95. The maximum atomic E-state index is 9.75. The van der Waals surface area contributed by atoms with Crippen LogP contribution in [0.2, 0.25) is 0 Å². The normalized spacial score (nSPS) is 12.0. The summed E-state index contributed by atoms with van der Waals surface area (Å²) in [6, 6.07) is 13.0. The lowest BCUT2D eigenvalue weighted by Gasteiger charge is -2.11. The highest BCUT2D eigenvalue weighted by Crippen LogP contribution is 2.33. The average Bonchev–Trinajstić information content (AvgIpc) is 2.49. The Morgan fingerprint density at radius 1 is 1.10 bits per heavy atom. The monoisotopic (exact) mass is 336 g/mol. The van der Waals surface area contributed by atoms with E-state index in [-0.39, 0.29) is 0 Å². The van der Waals surface area contributed by atoms with Gasteiger partial charge in [0.2, 0.25) is 0 Å². The molecule has 2 rings (SSSR count). The van der Waals surface area contributed by atoms with Crippen LogP contribution < -0.4 is 9.47 Å². The molecule has 0 aliphatic carbocycles. The molecule has 0 aliphatic heterocycles. The summed E-state index contributed by atoms with van der Waals surface area (Å²) in [7, 11) is 1.63. The molecule has 0 saturated heterocycles. The molecule has 0 spiro atoms. The van der Waals surface area contributed by atoms with Gasteiger partial charge in [0.05, 0.1) is 17.7 Å². The number of aliphatic hydroxyl groups excluding tert-OH is 1. The zero-order valence-corrected chi connectivity index (χ0v) is 13.1. The summed E-state index contributed by atoms with van der Waals surface area (Å²) in [6.07, 6.45) is 0.279. The smallest absolute Gasteiger partial charge is 0.141 e. The Bertz CT molecular complexity index is 566. The van der Waals surface area contributed by atoms with E-state index in [4.69, 9.17) is 9.47 Å². The molecule has 1 atom stereocenters. The Morgan fingerprint density at radius 2 is 1.75 bits per heavy atom. The van der Waals surface area contributed by atoms with Gasteiger partial charge in [0, 0.05) is 0 Å². The van der Waals surface area contributed by atoms with Gasteiger partial charge in [0.15, 0.2) is 0 Å². The molecule has 4 heteroatoms. The van der Waals surface area contributed by atoms with E-state index in [2.05, 4.69) is 15.9 Å². The van der Waals surface area contributed by atoms with E-state index in [9.17, 15) is 5.11 Å². The molecule has 1 N–H and O–H groups in total. The predicted octanol–water partition coefficient (Wildman–Crippen LogP) is 4.69. The van der Waals surface area contributed by atoms with Gasteiger partial charge in [-0.1, -0.05) is 19.1 Å². The number of hydrogen-bond acceptors (Lipinski definition) is 3. The van der Waals surface area contributed by atoms with Crippen molar-refractivity contribution in [3.8, 4) is 17.2 Å². The van der Waals surface area contributed by atoms with Gasteiger partial charge in [-0.3, -0.25) is 0 Å². The first-order valence-corrected chi connectivity index (χ1v) is 7.22. The molecule has 2 aromatic carbocycles. The minimum absolute atomic E-state index is 0.420. The van der Waals surface area contributed by atoms with Gasteiger partial charge >= 0.3 is 0 Å². The fourth-order valence-corrected chi connectivity index (χ4v) is 2.25. The first-order valence-electron chi connectivity index (χ1n) is 6.43. The lowest BCUT2D eigenvalue weighted by atomic mass is 10.1. The SMILES string of the molecule is CCC(O)c1ccc(Oc2ccc(OC)cc2Br)cc1. The van der Waals surface area contributed by atoms with Crippen LogP contribution in [0.5, 0.6) is 17.2 Å². The van der Waals surface area contributed by atoms with Crippen LogP contribution in [0.15, 0.2) is 46.9 Å². The average molecular weight is 337 g/mol. The summed E-state index contributed by atoms with van der Waals surface area (Å²) < 4.78 is 11.8. The number of hydrogen-bond donors (Lipinski definition) is 1. The third kappa shape index (κ3) is 3.52. The van der Waals surface area contributed by atoms with Crippen LogP contribution in [0, 0.1) is 0 Å². The van der Waals surface area contributed by atoms with Crippen molar-refractivity contribution >= 4 is 15.9 Å². The van der Waals surface area contributed by atoms with E-state index >= 15 is 0 Å². The molecular weight excluding hydrogens is 320 g/mol. The molecule has 106 valence electrons. The molecular formula is C16H17BrO3. The van der Waals surface area contributed by atoms with E-state index in [0.717, 1.165) is 27.3 Å². The second-order valence-corrected chi connectivity index (χ2v) is 5.25. The first-order chi connectivity index (χ1) is 9.63. The Hall–Kier alpha value is -1.52. The predicted molar refractivity (Wildman–Crippen MR) is 82.5 cm³/mol. The molecule has 0 heterocycles. The molecule has 1 unspecified atom stereocenters. The standard InChI is InChI=1S/C16H17BrO3/c1-3-15(18)11-4-6-12(7-5-11)20-16-9-8-13(19-2)10-14(16)17/h4-10,15,18H,3H2,1-2H3. The Labute approximate surface area is 127 Å². The number of halogens is 1. The number of aliphatic hydroxyl groups is 1. The molecule has 0 saturated carbocycles. The van der Waals surface area contributed by atoms with Crippen LogP contribution >= 0.6 is 15.9 Å².